The Morgan fingerprint density at radius 2 is 1.63 bits per heavy atom. The second-order valence-corrected chi connectivity index (χ2v) is 7.29. The first-order valence-corrected chi connectivity index (χ1v) is 9.21. The zero-order valence-corrected chi connectivity index (χ0v) is 16.3. The predicted octanol–water partition coefficient (Wildman–Crippen LogP) is 3.82. The minimum absolute atomic E-state index is 0.219. The van der Waals surface area contributed by atoms with Crippen molar-refractivity contribution in [2.24, 2.45) is 0 Å². The van der Waals surface area contributed by atoms with E-state index in [2.05, 4.69) is 0 Å². The maximum atomic E-state index is 12.9. The highest BCUT2D eigenvalue weighted by Gasteiger charge is 2.46. The van der Waals surface area contributed by atoms with Crippen LogP contribution in [-0.2, 0) is 15.8 Å². The quantitative estimate of drug-likeness (QED) is 0.449. The first-order chi connectivity index (χ1) is 14.0. The first kappa shape index (κ1) is 21.6. The van der Waals surface area contributed by atoms with E-state index in [1.54, 1.807) is 24.3 Å². The van der Waals surface area contributed by atoms with Crippen molar-refractivity contribution < 1.29 is 33.0 Å². The van der Waals surface area contributed by atoms with E-state index in [1.165, 1.54) is 6.92 Å². The van der Waals surface area contributed by atoms with Crippen LogP contribution in [0.2, 0.25) is 0 Å². The molecule has 2 aromatic rings. The Hall–Kier alpha value is -3.13. The van der Waals surface area contributed by atoms with E-state index in [-0.39, 0.29) is 17.7 Å². The molecule has 0 saturated carbocycles. The number of ketones is 1. The molecule has 0 bridgehead atoms. The first-order valence-electron chi connectivity index (χ1n) is 9.21. The van der Waals surface area contributed by atoms with Crippen LogP contribution in [0.3, 0.4) is 0 Å². The minimum atomic E-state index is -4.54. The molecule has 2 atom stereocenters. The normalized spacial score (nSPS) is 19.9. The second kappa shape index (κ2) is 7.95. The van der Waals surface area contributed by atoms with E-state index in [4.69, 9.17) is 0 Å². The van der Waals surface area contributed by atoms with Crippen molar-refractivity contribution in [2.45, 2.75) is 32.2 Å². The highest BCUT2D eigenvalue weighted by Crippen LogP contribution is 2.40. The summed E-state index contributed by atoms with van der Waals surface area (Å²) in [6, 6.07) is 9.50. The Morgan fingerprint density at radius 3 is 2.13 bits per heavy atom. The Labute approximate surface area is 171 Å². The van der Waals surface area contributed by atoms with E-state index in [9.17, 15) is 33.0 Å². The molecule has 1 heterocycles. The van der Waals surface area contributed by atoms with E-state index in [0.717, 1.165) is 34.7 Å². The summed E-state index contributed by atoms with van der Waals surface area (Å²) in [7, 11) is 0. The van der Waals surface area contributed by atoms with Crippen LogP contribution in [0.15, 0.2) is 54.1 Å². The minimum Gasteiger partial charge on any atom is -0.507 e. The molecule has 0 spiro atoms. The van der Waals surface area contributed by atoms with Gasteiger partial charge in [-0.3, -0.25) is 9.59 Å². The molecule has 1 fully saturated rings. The Bertz CT molecular complexity index is 993. The SMILES string of the molecule is Cc1ccc(/C(O)=C2\C(=O)C(=O)N(CC(C)O)C2c2ccc(C(F)(F)F)cc2)cc1. The lowest BCUT2D eigenvalue weighted by Crippen LogP contribution is -2.35. The Balaban J connectivity index is 2.16. The number of aryl methyl sites for hydroxylation is 1. The number of benzene rings is 2. The number of carbonyl (C=O) groups excluding carboxylic acids is 2. The number of β-amino-alcohol motifs (C(OH)–C–C–N with tert-alkyl or cyclic N) is 1. The van der Waals surface area contributed by atoms with Gasteiger partial charge in [-0.25, -0.2) is 0 Å². The monoisotopic (exact) mass is 419 g/mol. The van der Waals surface area contributed by atoms with Gasteiger partial charge in [0, 0.05) is 12.1 Å². The lowest BCUT2D eigenvalue weighted by atomic mass is 9.94. The van der Waals surface area contributed by atoms with Crippen LogP contribution in [0.1, 0.15) is 35.2 Å². The largest absolute Gasteiger partial charge is 0.507 e. The number of aliphatic hydroxyl groups is 2. The topological polar surface area (TPSA) is 77.8 Å². The number of amides is 1. The summed E-state index contributed by atoms with van der Waals surface area (Å²) in [5.74, 6) is -2.32. The molecule has 1 saturated heterocycles. The fraction of sp³-hybridized carbons (Fsp3) is 0.273. The molecule has 2 unspecified atom stereocenters. The van der Waals surface area contributed by atoms with Crippen molar-refractivity contribution >= 4 is 17.4 Å². The number of likely N-dealkylation sites (tertiary alicyclic amines) is 1. The van der Waals surface area contributed by atoms with E-state index < -0.39 is 41.3 Å². The van der Waals surface area contributed by atoms with Crippen LogP contribution >= 0.6 is 0 Å². The summed E-state index contributed by atoms with van der Waals surface area (Å²) in [6.07, 6.45) is -5.53. The molecule has 3 rings (SSSR count). The summed E-state index contributed by atoms with van der Waals surface area (Å²) in [5.41, 5.74) is 0.325. The standard InChI is InChI=1S/C22H20F3NO4/c1-12-3-5-15(6-4-12)19(28)17-18(26(11-13(2)27)21(30)20(17)29)14-7-9-16(10-8-14)22(23,24)25/h3-10,13,18,27-28H,11H2,1-2H3/b19-17+. The summed E-state index contributed by atoms with van der Waals surface area (Å²) < 4.78 is 38.8. The number of hydrogen-bond donors (Lipinski definition) is 2. The fourth-order valence-corrected chi connectivity index (χ4v) is 3.42. The van der Waals surface area contributed by atoms with Crippen LogP contribution in [-0.4, -0.2) is 39.5 Å². The molecule has 2 N–H and O–H groups in total. The van der Waals surface area contributed by atoms with Gasteiger partial charge in [0.1, 0.15) is 5.76 Å². The smallest absolute Gasteiger partial charge is 0.416 e. The highest BCUT2D eigenvalue weighted by atomic mass is 19.4. The lowest BCUT2D eigenvalue weighted by Gasteiger charge is -2.26. The maximum absolute atomic E-state index is 12.9. The molecule has 0 radical (unpaired) electrons. The van der Waals surface area contributed by atoms with Crippen LogP contribution in [0.25, 0.3) is 5.76 Å². The average molecular weight is 419 g/mol. The van der Waals surface area contributed by atoms with Crippen molar-refractivity contribution in [3.8, 4) is 0 Å². The summed E-state index contributed by atoms with van der Waals surface area (Å²) in [5, 5.41) is 20.6. The second-order valence-electron chi connectivity index (χ2n) is 7.29. The third kappa shape index (κ3) is 4.09. The number of aliphatic hydroxyl groups excluding tert-OH is 2. The number of nitrogens with zero attached hydrogens (tertiary/aromatic N) is 1. The van der Waals surface area contributed by atoms with Gasteiger partial charge in [0.05, 0.1) is 23.3 Å². The molecule has 30 heavy (non-hydrogen) atoms. The van der Waals surface area contributed by atoms with Gasteiger partial charge in [-0.15, -0.1) is 0 Å². The van der Waals surface area contributed by atoms with Gasteiger partial charge in [0.25, 0.3) is 11.7 Å². The Kier molecular flexibility index (Phi) is 5.72. The van der Waals surface area contributed by atoms with Crippen LogP contribution in [0.5, 0.6) is 0 Å². The molecule has 1 aliphatic heterocycles. The summed E-state index contributed by atoms with van der Waals surface area (Å²) >= 11 is 0. The van der Waals surface area contributed by atoms with Crippen molar-refractivity contribution in [3.05, 3.63) is 76.4 Å². The van der Waals surface area contributed by atoms with Gasteiger partial charge in [-0.05, 0) is 31.5 Å². The molecule has 0 aliphatic carbocycles. The zero-order chi connectivity index (χ0) is 22.2. The van der Waals surface area contributed by atoms with Crippen molar-refractivity contribution in [3.63, 3.8) is 0 Å². The van der Waals surface area contributed by atoms with Gasteiger partial charge in [-0.1, -0.05) is 42.0 Å². The third-order valence-corrected chi connectivity index (χ3v) is 4.88. The van der Waals surface area contributed by atoms with Gasteiger partial charge in [-0.2, -0.15) is 13.2 Å². The van der Waals surface area contributed by atoms with Gasteiger partial charge in [0.2, 0.25) is 0 Å². The van der Waals surface area contributed by atoms with Crippen molar-refractivity contribution in [1.82, 2.24) is 4.90 Å². The molecular weight excluding hydrogens is 399 g/mol. The number of carbonyl (C=O) groups is 2. The van der Waals surface area contributed by atoms with Gasteiger partial charge >= 0.3 is 6.18 Å². The molecular formula is C22H20F3NO4. The number of rotatable bonds is 4. The third-order valence-electron chi connectivity index (χ3n) is 4.88. The Morgan fingerprint density at radius 1 is 1.07 bits per heavy atom. The van der Waals surface area contributed by atoms with Crippen LogP contribution in [0, 0.1) is 6.92 Å². The highest BCUT2D eigenvalue weighted by molar-refractivity contribution is 6.46. The molecule has 158 valence electrons. The number of hydrogen-bond acceptors (Lipinski definition) is 4. The fourth-order valence-electron chi connectivity index (χ4n) is 3.42. The van der Waals surface area contributed by atoms with Crippen LogP contribution in [0.4, 0.5) is 13.2 Å². The lowest BCUT2D eigenvalue weighted by molar-refractivity contribution is -0.140. The molecule has 0 aromatic heterocycles. The van der Waals surface area contributed by atoms with Crippen molar-refractivity contribution in [2.75, 3.05) is 6.54 Å². The van der Waals surface area contributed by atoms with E-state index >= 15 is 0 Å². The predicted molar refractivity (Wildman–Crippen MR) is 103 cm³/mol. The van der Waals surface area contributed by atoms with E-state index in [0.29, 0.717) is 5.56 Å². The molecule has 2 aromatic carbocycles. The van der Waals surface area contributed by atoms with Crippen LogP contribution < -0.4 is 0 Å². The van der Waals surface area contributed by atoms with E-state index in [1.807, 2.05) is 6.92 Å². The maximum Gasteiger partial charge on any atom is 0.416 e. The molecule has 1 amide bonds. The zero-order valence-electron chi connectivity index (χ0n) is 16.3. The van der Waals surface area contributed by atoms with Gasteiger partial charge < -0.3 is 15.1 Å². The summed E-state index contributed by atoms with van der Waals surface area (Å²) in [6.45, 7) is 3.04. The number of alkyl halides is 3. The molecule has 5 nitrogen and oxygen atoms in total. The number of Topliss-reactive ketones (excluding diaryl/α,β-unsaturated/α-hetero) is 1. The summed E-state index contributed by atoms with van der Waals surface area (Å²) in [4.78, 5) is 26.4. The average Bonchev–Trinajstić information content (AvgIpc) is 2.92. The van der Waals surface area contributed by atoms with Gasteiger partial charge in [0.15, 0.2) is 0 Å². The van der Waals surface area contributed by atoms with Crippen molar-refractivity contribution in [1.29, 1.82) is 0 Å². The molecule has 8 heteroatoms. The number of halogens is 3. The molecule has 1 aliphatic rings.